The summed E-state index contributed by atoms with van der Waals surface area (Å²) in [5, 5.41) is 11.3. The molecule has 2 nitrogen and oxygen atoms in total. The zero-order valence-electron chi connectivity index (χ0n) is 7.43. The SMILES string of the molecule is CC1CC(NCC(O)C(F)(F)F)C1. The summed E-state index contributed by atoms with van der Waals surface area (Å²) in [6.07, 6.45) is -4.92. The van der Waals surface area contributed by atoms with Crippen LogP contribution in [0.3, 0.4) is 0 Å². The maximum absolute atomic E-state index is 11.8. The number of alkyl halides is 3. The van der Waals surface area contributed by atoms with Crippen LogP contribution in [0.15, 0.2) is 0 Å². The quantitative estimate of drug-likeness (QED) is 0.714. The molecule has 0 heterocycles. The van der Waals surface area contributed by atoms with Gasteiger partial charge in [-0.15, -0.1) is 0 Å². The van der Waals surface area contributed by atoms with Crippen LogP contribution in [0.25, 0.3) is 0 Å². The summed E-state index contributed by atoms with van der Waals surface area (Å²) in [4.78, 5) is 0. The first-order valence-electron chi connectivity index (χ1n) is 4.37. The topological polar surface area (TPSA) is 32.3 Å². The highest BCUT2D eigenvalue weighted by atomic mass is 19.4. The second-order valence-corrected chi connectivity index (χ2v) is 3.74. The van der Waals surface area contributed by atoms with E-state index in [9.17, 15) is 13.2 Å². The van der Waals surface area contributed by atoms with Gasteiger partial charge in [0.05, 0.1) is 0 Å². The van der Waals surface area contributed by atoms with Crippen molar-refractivity contribution >= 4 is 0 Å². The van der Waals surface area contributed by atoms with Crippen molar-refractivity contribution in [3.63, 3.8) is 0 Å². The van der Waals surface area contributed by atoms with E-state index in [1.165, 1.54) is 0 Å². The van der Waals surface area contributed by atoms with Gasteiger partial charge in [-0.25, -0.2) is 0 Å². The molecular weight excluding hydrogens is 183 g/mol. The average molecular weight is 197 g/mol. The molecule has 0 bridgehead atoms. The summed E-state index contributed by atoms with van der Waals surface area (Å²) in [5.41, 5.74) is 0. The van der Waals surface area contributed by atoms with E-state index in [0.29, 0.717) is 5.92 Å². The van der Waals surface area contributed by atoms with Gasteiger partial charge in [0.1, 0.15) is 0 Å². The fourth-order valence-electron chi connectivity index (χ4n) is 1.46. The molecule has 5 heteroatoms. The predicted molar refractivity (Wildman–Crippen MR) is 42.3 cm³/mol. The summed E-state index contributed by atoms with van der Waals surface area (Å²) in [5.74, 6) is 0.598. The fraction of sp³-hybridized carbons (Fsp3) is 1.00. The van der Waals surface area contributed by atoms with Crippen LogP contribution in [0.1, 0.15) is 19.8 Å². The Kier molecular flexibility index (Phi) is 3.18. The van der Waals surface area contributed by atoms with E-state index in [0.717, 1.165) is 12.8 Å². The number of hydrogen-bond acceptors (Lipinski definition) is 2. The van der Waals surface area contributed by atoms with Gasteiger partial charge in [0, 0.05) is 12.6 Å². The third kappa shape index (κ3) is 3.15. The number of nitrogens with one attached hydrogen (secondary N) is 1. The highest BCUT2D eigenvalue weighted by molar-refractivity contribution is 4.83. The fourth-order valence-corrected chi connectivity index (χ4v) is 1.46. The summed E-state index contributed by atoms with van der Waals surface area (Å²) in [6, 6.07) is 0.159. The van der Waals surface area contributed by atoms with E-state index in [2.05, 4.69) is 12.2 Å². The van der Waals surface area contributed by atoms with Gasteiger partial charge < -0.3 is 10.4 Å². The first-order chi connectivity index (χ1) is 5.89. The van der Waals surface area contributed by atoms with Crippen molar-refractivity contribution < 1.29 is 18.3 Å². The molecule has 0 radical (unpaired) electrons. The highest BCUT2D eigenvalue weighted by Gasteiger charge is 2.38. The number of halogens is 3. The molecule has 0 amide bonds. The Balaban J connectivity index is 2.12. The van der Waals surface area contributed by atoms with Gasteiger partial charge in [0.2, 0.25) is 0 Å². The third-order valence-corrected chi connectivity index (χ3v) is 2.35. The Morgan fingerprint density at radius 1 is 1.46 bits per heavy atom. The van der Waals surface area contributed by atoms with Crippen LogP contribution in [0.4, 0.5) is 13.2 Å². The third-order valence-electron chi connectivity index (χ3n) is 2.35. The normalized spacial score (nSPS) is 31.2. The summed E-state index contributed by atoms with van der Waals surface area (Å²) >= 11 is 0. The lowest BCUT2D eigenvalue weighted by atomic mass is 9.82. The van der Waals surface area contributed by atoms with Crippen molar-refractivity contribution in [2.24, 2.45) is 5.92 Å². The molecule has 1 rings (SSSR count). The molecule has 1 saturated carbocycles. The lowest BCUT2D eigenvalue weighted by Crippen LogP contribution is -2.46. The molecule has 2 N–H and O–H groups in total. The van der Waals surface area contributed by atoms with Gasteiger partial charge in [0.15, 0.2) is 6.10 Å². The van der Waals surface area contributed by atoms with Gasteiger partial charge in [0.25, 0.3) is 0 Å². The van der Waals surface area contributed by atoms with Crippen molar-refractivity contribution in [2.75, 3.05) is 6.54 Å². The van der Waals surface area contributed by atoms with E-state index >= 15 is 0 Å². The Hall–Kier alpha value is -0.290. The summed E-state index contributed by atoms with van der Waals surface area (Å²) < 4.78 is 35.4. The molecule has 1 aliphatic carbocycles. The van der Waals surface area contributed by atoms with Crippen LogP contribution in [0.2, 0.25) is 0 Å². The number of rotatable bonds is 3. The van der Waals surface area contributed by atoms with Crippen LogP contribution in [-0.2, 0) is 0 Å². The van der Waals surface area contributed by atoms with Crippen molar-refractivity contribution in [2.45, 2.75) is 38.1 Å². The Bertz CT molecular complexity index is 165. The molecule has 0 aromatic heterocycles. The Labute approximate surface area is 75.1 Å². The predicted octanol–water partition coefficient (Wildman–Crippen LogP) is 1.30. The van der Waals surface area contributed by atoms with Gasteiger partial charge >= 0.3 is 6.18 Å². The molecule has 0 aliphatic heterocycles. The zero-order chi connectivity index (χ0) is 10.1. The second-order valence-electron chi connectivity index (χ2n) is 3.74. The van der Waals surface area contributed by atoms with Crippen molar-refractivity contribution in [1.29, 1.82) is 0 Å². The summed E-state index contributed by atoms with van der Waals surface area (Å²) in [7, 11) is 0. The van der Waals surface area contributed by atoms with Crippen molar-refractivity contribution in [1.82, 2.24) is 5.32 Å². The van der Waals surface area contributed by atoms with Gasteiger partial charge in [-0.2, -0.15) is 13.2 Å². The first-order valence-corrected chi connectivity index (χ1v) is 4.37. The molecule has 1 fully saturated rings. The minimum Gasteiger partial charge on any atom is -0.382 e. The van der Waals surface area contributed by atoms with Crippen LogP contribution in [-0.4, -0.2) is 30.0 Å². The molecule has 1 atom stereocenters. The maximum atomic E-state index is 11.8. The molecule has 1 unspecified atom stereocenters. The van der Waals surface area contributed by atoms with Gasteiger partial charge in [-0.05, 0) is 18.8 Å². The smallest absolute Gasteiger partial charge is 0.382 e. The van der Waals surface area contributed by atoms with Crippen molar-refractivity contribution in [3.8, 4) is 0 Å². The molecular formula is C8H14F3NO. The lowest BCUT2D eigenvalue weighted by Gasteiger charge is -2.34. The van der Waals surface area contributed by atoms with Gasteiger partial charge in [-0.3, -0.25) is 0 Å². The minimum absolute atomic E-state index is 0.159. The Morgan fingerprint density at radius 2 is 2.00 bits per heavy atom. The molecule has 1 aliphatic rings. The van der Waals surface area contributed by atoms with Gasteiger partial charge in [-0.1, -0.05) is 6.92 Å². The van der Waals surface area contributed by atoms with E-state index in [-0.39, 0.29) is 12.6 Å². The molecule has 0 aromatic rings. The molecule has 0 aromatic carbocycles. The zero-order valence-corrected chi connectivity index (χ0v) is 7.43. The van der Waals surface area contributed by atoms with E-state index < -0.39 is 12.3 Å². The number of hydrogen-bond donors (Lipinski definition) is 2. The maximum Gasteiger partial charge on any atom is 0.415 e. The number of aliphatic hydroxyl groups is 1. The number of aliphatic hydroxyl groups excluding tert-OH is 1. The molecule has 13 heavy (non-hydrogen) atoms. The molecule has 0 spiro atoms. The van der Waals surface area contributed by atoms with E-state index in [1.807, 2.05) is 0 Å². The minimum atomic E-state index is -4.50. The summed E-state index contributed by atoms with van der Waals surface area (Å²) in [6.45, 7) is 1.67. The van der Waals surface area contributed by atoms with Crippen LogP contribution in [0, 0.1) is 5.92 Å². The molecule has 0 saturated heterocycles. The second kappa shape index (κ2) is 3.84. The average Bonchev–Trinajstić information content (AvgIpc) is 1.93. The standard InChI is InChI=1S/C8H14F3NO/c1-5-2-6(3-5)12-4-7(13)8(9,10)11/h5-7,12-13H,2-4H2,1H3. The lowest BCUT2D eigenvalue weighted by molar-refractivity contribution is -0.202. The van der Waals surface area contributed by atoms with E-state index in [4.69, 9.17) is 5.11 Å². The molecule has 78 valence electrons. The largest absolute Gasteiger partial charge is 0.415 e. The van der Waals surface area contributed by atoms with Crippen LogP contribution in [0.5, 0.6) is 0 Å². The first kappa shape index (κ1) is 10.8. The van der Waals surface area contributed by atoms with Crippen LogP contribution < -0.4 is 5.32 Å². The van der Waals surface area contributed by atoms with Crippen LogP contribution >= 0.6 is 0 Å². The highest BCUT2D eigenvalue weighted by Crippen LogP contribution is 2.27. The van der Waals surface area contributed by atoms with Crippen molar-refractivity contribution in [3.05, 3.63) is 0 Å². The van der Waals surface area contributed by atoms with E-state index in [1.54, 1.807) is 0 Å². The Morgan fingerprint density at radius 3 is 2.38 bits per heavy atom. The monoisotopic (exact) mass is 197 g/mol.